The van der Waals surface area contributed by atoms with E-state index in [0.717, 1.165) is 4.57 Å². The van der Waals surface area contributed by atoms with Crippen molar-refractivity contribution in [3.05, 3.63) is 27.2 Å². The number of amides is 2. The molecule has 0 fully saturated rings. The van der Waals surface area contributed by atoms with E-state index in [2.05, 4.69) is 15.6 Å². The molecule has 10 nitrogen and oxygen atoms in total. The fraction of sp³-hybridized carbons (Fsp3) is 0.462. The lowest BCUT2D eigenvalue weighted by molar-refractivity contribution is -0.126. The summed E-state index contributed by atoms with van der Waals surface area (Å²) in [6.07, 6.45) is 1.42. The molecule has 124 valence electrons. The van der Waals surface area contributed by atoms with Crippen LogP contribution in [0.4, 0.5) is 0 Å². The Morgan fingerprint density at radius 2 is 1.87 bits per heavy atom. The number of likely N-dealkylation sites (N-methyl/N-ethyl adjacent to an activating group) is 1. The summed E-state index contributed by atoms with van der Waals surface area (Å²) in [6.45, 7) is 1.53. The number of carbonyl (C=O) groups excluding carboxylic acids is 2. The van der Waals surface area contributed by atoms with Gasteiger partial charge in [0.05, 0.1) is 12.9 Å². The van der Waals surface area contributed by atoms with Crippen molar-refractivity contribution in [2.45, 2.75) is 13.5 Å². The zero-order chi connectivity index (χ0) is 17.1. The molecule has 23 heavy (non-hydrogen) atoms. The first-order chi connectivity index (χ1) is 10.9. The highest BCUT2D eigenvalue weighted by atomic mass is 16.2. The third-order valence-electron chi connectivity index (χ3n) is 3.32. The Kier molecular flexibility index (Phi) is 4.63. The number of nitrogens with zero attached hydrogens (tertiary/aromatic N) is 4. The van der Waals surface area contributed by atoms with Gasteiger partial charge in [0.15, 0.2) is 11.2 Å². The molecule has 2 heterocycles. The Bertz CT molecular complexity index is 875. The van der Waals surface area contributed by atoms with E-state index in [0.29, 0.717) is 6.54 Å². The number of hydrogen-bond acceptors (Lipinski definition) is 5. The number of fused-ring (bicyclic) bond motifs is 1. The van der Waals surface area contributed by atoms with E-state index in [1.54, 1.807) is 14.0 Å². The van der Waals surface area contributed by atoms with E-state index in [-0.39, 0.29) is 23.6 Å². The lowest BCUT2D eigenvalue weighted by atomic mass is 10.4. The van der Waals surface area contributed by atoms with E-state index in [9.17, 15) is 19.2 Å². The van der Waals surface area contributed by atoms with Gasteiger partial charge in [0.1, 0.15) is 6.54 Å². The molecule has 0 saturated heterocycles. The zero-order valence-corrected chi connectivity index (χ0v) is 13.1. The van der Waals surface area contributed by atoms with Crippen LogP contribution in [0.15, 0.2) is 15.9 Å². The number of imidazole rings is 1. The topological polar surface area (TPSA) is 120 Å². The van der Waals surface area contributed by atoms with Crippen LogP contribution in [0.25, 0.3) is 11.2 Å². The van der Waals surface area contributed by atoms with E-state index in [4.69, 9.17) is 0 Å². The van der Waals surface area contributed by atoms with Crippen molar-refractivity contribution in [3.8, 4) is 0 Å². The maximum absolute atomic E-state index is 12.4. The molecular weight excluding hydrogens is 304 g/mol. The summed E-state index contributed by atoms with van der Waals surface area (Å²) < 4.78 is 3.51. The van der Waals surface area contributed by atoms with Crippen molar-refractivity contribution in [2.24, 2.45) is 14.1 Å². The number of nitrogens with one attached hydrogen (secondary N) is 2. The van der Waals surface area contributed by atoms with Gasteiger partial charge in [0.25, 0.3) is 5.56 Å². The molecule has 0 bridgehead atoms. The van der Waals surface area contributed by atoms with Crippen molar-refractivity contribution in [1.82, 2.24) is 29.3 Å². The predicted octanol–water partition coefficient (Wildman–Crippen LogP) is -2.31. The van der Waals surface area contributed by atoms with Gasteiger partial charge in [-0.25, -0.2) is 14.3 Å². The summed E-state index contributed by atoms with van der Waals surface area (Å²) in [5, 5.41) is 4.89. The van der Waals surface area contributed by atoms with Crippen LogP contribution in [0.5, 0.6) is 0 Å². The number of aromatic nitrogens is 4. The Balaban J connectivity index is 2.28. The molecular formula is C13H18N6O4. The van der Waals surface area contributed by atoms with Crippen molar-refractivity contribution in [2.75, 3.05) is 13.1 Å². The molecule has 0 aromatic carbocycles. The standard InChI is InChI=1S/C13H18N6O4/c1-4-14-8(20)5-15-9(21)6-19-12(22)10-11(16-7-17(10)2)18(3)13(19)23/h7H,4-6H2,1-3H3,(H,14,20)(H,15,21). The minimum Gasteiger partial charge on any atom is -0.355 e. The van der Waals surface area contributed by atoms with Gasteiger partial charge in [-0.05, 0) is 6.92 Å². The van der Waals surface area contributed by atoms with E-state index >= 15 is 0 Å². The summed E-state index contributed by atoms with van der Waals surface area (Å²) in [5.41, 5.74) is -0.768. The third kappa shape index (κ3) is 3.15. The first kappa shape index (κ1) is 16.5. The van der Waals surface area contributed by atoms with Gasteiger partial charge in [-0.3, -0.25) is 19.0 Å². The minimum absolute atomic E-state index is 0.213. The van der Waals surface area contributed by atoms with Crippen LogP contribution in [0.2, 0.25) is 0 Å². The van der Waals surface area contributed by atoms with Crippen molar-refractivity contribution >= 4 is 23.0 Å². The highest BCUT2D eigenvalue weighted by Crippen LogP contribution is 2.02. The molecule has 0 spiro atoms. The molecule has 2 amide bonds. The number of rotatable bonds is 5. The van der Waals surface area contributed by atoms with Crippen LogP contribution in [0.1, 0.15) is 6.92 Å². The van der Waals surface area contributed by atoms with Gasteiger partial charge in [0.2, 0.25) is 11.8 Å². The predicted molar refractivity (Wildman–Crippen MR) is 81.9 cm³/mol. The molecule has 10 heteroatoms. The molecule has 0 atom stereocenters. The molecule has 0 aliphatic heterocycles. The average Bonchev–Trinajstić information content (AvgIpc) is 2.89. The zero-order valence-electron chi connectivity index (χ0n) is 13.1. The average molecular weight is 322 g/mol. The Morgan fingerprint density at radius 1 is 1.17 bits per heavy atom. The summed E-state index contributed by atoms with van der Waals surface area (Å²) in [4.78, 5) is 51.8. The van der Waals surface area contributed by atoms with Gasteiger partial charge < -0.3 is 15.2 Å². The van der Waals surface area contributed by atoms with Crippen LogP contribution in [0, 0.1) is 0 Å². The van der Waals surface area contributed by atoms with Gasteiger partial charge >= 0.3 is 5.69 Å². The molecule has 2 aromatic heterocycles. The second-order valence-electron chi connectivity index (χ2n) is 4.99. The normalized spacial score (nSPS) is 10.7. The molecule has 0 saturated carbocycles. The Hall–Kier alpha value is -2.91. The fourth-order valence-corrected chi connectivity index (χ4v) is 2.17. The third-order valence-corrected chi connectivity index (χ3v) is 3.32. The highest BCUT2D eigenvalue weighted by molar-refractivity contribution is 5.84. The lowest BCUT2D eigenvalue weighted by Gasteiger charge is -2.09. The Morgan fingerprint density at radius 3 is 2.52 bits per heavy atom. The summed E-state index contributed by atoms with van der Waals surface area (Å²) in [5.74, 6) is -0.944. The van der Waals surface area contributed by atoms with Gasteiger partial charge in [0, 0.05) is 20.6 Å². The quantitative estimate of drug-likeness (QED) is 0.641. The van der Waals surface area contributed by atoms with Crippen LogP contribution in [0.3, 0.4) is 0 Å². The van der Waals surface area contributed by atoms with Crippen molar-refractivity contribution in [3.63, 3.8) is 0 Å². The fourth-order valence-electron chi connectivity index (χ4n) is 2.17. The van der Waals surface area contributed by atoms with Gasteiger partial charge in [-0.2, -0.15) is 0 Å². The van der Waals surface area contributed by atoms with E-state index < -0.39 is 23.7 Å². The number of aryl methyl sites for hydroxylation is 2. The molecule has 2 N–H and O–H groups in total. The molecule has 0 aliphatic rings. The minimum atomic E-state index is -0.644. The molecule has 0 radical (unpaired) electrons. The summed E-state index contributed by atoms with van der Waals surface area (Å²) in [7, 11) is 3.10. The first-order valence-corrected chi connectivity index (χ1v) is 7.01. The molecule has 0 aliphatic carbocycles. The Labute approximate surface area is 130 Å². The summed E-state index contributed by atoms with van der Waals surface area (Å²) >= 11 is 0. The summed E-state index contributed by atoms with van der Waals surface area (Å²) in [6, 6.07) is 0. The lowest BCUT2D eigenvalue weighted by Crippen LogP contribution is -2.45. The largest absolute Gasteiger partial charge is 0.355 e. The van der Waals surface area contributed by atoms with E-state index in [1.807, 2.05) is 0 Å². The molecule has 0 unspecified atom stereocenters. The van der Waals surface area contributed by atoms with Gasteiger partial charge in [-0.15, -0.1) is 0 Å². The number of hydrogen-bond donors (Lipinski definition) is 2. The second-order valence-corrected chi connectivity index (χ2v) is 4.99. The molecule has 2 aromatic rings. The first-order valence-electron chi connectivity index (χ1n) is 7.01. The maximum Gasteiger partial charge on any atom is 0.332 e. The molecule has 2 rings (SSSR count). The van der Waals surface area contributed by atoms with Crippen LogP contribution in [-0.4, -0.2) is 43.6 Å². The monoisotopic (exact) mass is 322 g/mol. The van der Waals surface area contributed by atoms with Crippen LogP contribution in [-0.2, 0) is 30.2 Å². The second kappa shape index (κ2) is 6.46. The SMILES string of the molecule is CCNC(=O)CNC(=O)Cn1c(=O)c2c(ncn2C)n(C)c1=O. The highest BCUT2D eigenvalue weighted by Gasteiger charge is 2.17. The van der Waals surface area contributed by atoms with Gasteiger partial charge in [-0.1, -0.05) is 0 Å². The van der Waals surface area contributed by atoms with E-state index in [1.165, 1.54) is 22.5 Å². The van der Waals surface area contributed by atoms with Crippen molar-refractivity contribution < 1.29 is 9.59 Å². The number of carbonyl (C=O) groups is 2. The van der Waals surface area contributed by atoms with Crippen LogP contribution < -0.4 is 21.9 Å². The van der Waals surface area contributed by atoms with Crippen molar-refractivity contribution in [1.29, 1.82) is 0 Å². The van der Waals surface area contributed by atoms with Crippen LogP contribution >= 0.6 is 0 Å². The maximum atomic E-state index is 12.4. The smallest absolute Gasteiger partial charge is 0.332 e.